The molecule has 0 saturated carbocycles. The zero-order valence-corrected chi connectivity index (χ0v) is 13.2. The molecule has 0 unspecified atom stereocenters. The van der Waals surface area contributed by atoms with Crippen LogP contribution in [0.3, 0.4) is 0 Å². The van der Waals surface area contributed by atoms with Crippen LogP contribution in [-0.2, 0) is 0 Å². The van der Waals surface area contributed by atoms with E-state index in [9.17, 15) is 0 Å². The molecule has 1 aromatic carbocycles. The van der Waals surface area contributed by atoms with Crippen LogP contribution in [0.1, 0.15) is 5.56 Å². The summed E-state index contributed by atoms with van der Waals surface area (Å²) >= 11 is 3.23. The Morgan fingerprint density at radius 3 is 2.57 bits per heavy atom. The normalized spacial score (nSPS) is 15.3. The Morgan fingerprint density at radius 1 is 1.19 bits per heavy atom. The molecule has 1 aliphatic rings. The van der Waals surface area contributed by atoms with E-state index in [1.54, 1.807) is 11.8 Å². The predicted molar refractivity (Wildman–Crippen MR) is 87.1 cm³/mol. The third-order valence-electron chi connectivity index (χ3n) is 3.32. The van der Waals surface area contributed by atoms with Gasteiger partial charge in [0.25, 0.3) is 0 Å². The summed E-state index contributed by atoms with van der Waals surface area (Å²) in [5, 5.41) is 19.2. The number of thiophene rings is 1. The van der Waals surface area contributed by atoms with Crippen LogP contribution in [-0.4, -0.2) is 7.05 Å². The highest BCUT2D eigenvalue weighted by molar-refractivity contribution is 8.08. The number of nitrogens with zero attached hydrogens (tertiary/aromatic N) is 3. The second-order valence-corrected chi connectivity index (χ2v) is 6.74. The van der Waals surface area contributed by atoms with Gasteiger partial charge in [0, 0.05) is 11.9 Å². The van der Waals surface area contributed by atoms with Gasteiger partial charge in [-0.1, -0.05) is 23.9 Å². The number of anilines is 1. The Morgan fingerprint density at radius 2 is 1.90 bits per heavy atom. The van der Waals surface area contributed by atoms with Crippen molar-refractivity contribution >= 4 is 39.4 Å². The number of hydrogen-bond acceptors (Lipinski definition) is 5. The maximum atomic E-state index is 9.05. The van der Waals surface area contributed by atoms with Crippen molar-refractivity contribution in [2.45, 2.75) is 11.8 Å². The maximum absolute atomic E-state index is 9.05. The van der Waals surface area contributed by atoms with Crippen molar-refractivity contribution in [1.29, 1.82) is 10.5 Å². The van der Waals surface area contributed by atoms with Gasteiger partial charge in [0.15, 0.2) is 0 Å². The Hall–Kier alpha value is -2.21. The van der Waals surface area contributed by atoms with Gasteiger partial charge in [-0.25, -0.2) is 0 Å². The largest absolute Gasteiger partial charge is 0.337 e. The van der Waals surface area contributed by atoms with Crippen molar-refractivity contribution < 1.29 is 0 Å². The Labute approximate surface area is 131 Å². The highest BCUT2D eigenvalue weighted by Gasteiger charge is 2.22. The monoisotopic (exact) mass is 309 g/mol. The summed E-state index contributed by atoms with van der Waals surface area (Å²) in [5.41, 5.74) is 2.35. The van der Waals surface area contributed by atoms with Crippen molar-refractivity contribution in [2.24, 2.45) is 0 Å². The molecule has 1 aliphatic heterocycles. The van der Waals surface area contributed by atoms with Crippen molar-refractivity contribution in [1.82, 2.24) is 0 Å². The summed E-state index contributed by atoms with van der Waals surface area (Å²) < 4.78 is 1.86. The zero-order valence-electron chi connectivity index (χ0n) is 11.5. The topological polar surface area (TPSA) is 50.8 Å². The third-order valence-corrected chi connectivity index (χ3v) is 5.96. The first-order valence-corrected chi connectivity index (χ1v) is 7.95. The van der Waals surface area contributed by atoms with E-state index in [4.69, 9.17) is 10.5 Å². The van der Waals surface area contributed by atoms with E-state index < -0.39 is 0 Å². The van der Waals surface area contributed by atoms with Crippen LogP contribution in [0, 0.1) is 29.6 Å². The SMILES string of the molecule is Cc1cc(=C2Sc3ccccc3N2C)sc1=C(C#N)C#N. The number of nitriles is 2. The summed E-state index contributed by atoms with van der Waals surface area (Å²) in [4.78, 5) is 3.39. The minimum absolute atomic E-state index is 0.188. The molecule has 0 radical (unpaired) electrons. The molecule has 0 bridgehead atoms. The Balaban J connectivity index is 2.25. The standard InChI is InChI=1S/C16H11N3S2/c1-10-7-14(20-15(10)11(8-17)9-18)16-19(2)12-5-3-4-6-13(12)21-16/h3-7H,1-2H3. The molecule has 3 rings (SSSR count). The molecule has 2 aromatic rings. The minimum Gasteiger partial charge on any atom is -0.337 e. The molecule has 2 heterocycles. The van der Waals surface area contributed by atoms with Crippen LogP contribution in [0.25, 0.3) is 10.6 Å². The first-order valence-electron chi connectivity index (χ1n) is 6.31. The molecule has 5 heteroatoms. The van der Waals surface area contributed by atoms with Crippen molar-refractivity contribution in [3.63, 3.8) is 0 Å². The molecular weight excluding hydrogens is 298 g/mol. The molecular formula is C16H11N3S2. The van der Waals surface area contributed by atoms with Crippen LogP contribution in [0.2, 0.25) is 0 Å². The smallest absolute Gasteiger partial charge is 0.147 e. The summed E-state index contributed by atoms with van der Waals surface area (Å²) in [6.07, 6.45) is 0. The quantitative estimate of drug-likeness (QED) is 0.750. The maximum Gasteiger partial charge on any atom is 0.147 e. The summed E-state index contributed by atoms with van der Waals surface area (Å²) in [7, 11) is 2.04. The van der Waals surface area contributed by atoms with Gasteiger partial charge in [-0.05, 0) is 30.7 Å². The lowest BCUT2D eigenvalue weighted by Gasteiger charge is -2.12. The fraction of sp³-hybridized carbons (Fsp3) is 0.125. The van der Waals surface area contributed by atoms with Crippen LogP contribution >= 0.6 is 23.1 Å². The van der Waals surface area contributed by atoms with E-state index in [1.165, 1.54) is 21.9 Å². The lowest BCUT2D eigenvalue weighted by Crippen LogP contribution is -2.15. The number of thioether (sulfide) groups is 1. The molecule has 1 aromatic heterocycles. The number of fused-ring (bicyclic) bond motifs is 1. The number of para-hydroxylation sites is 1. The number of hydrogen-bond donors (Lipinski definition) is 0. The van der Waals surface area contributed by atoms with E-state index in [0.29, 0.717) is 0 Å². The number of rotatable bonds is 0. The van der Waals surface area contributed by atoms with Gasteiger partial charge in [0.2, 0.25) is 0 Å². The summed E-state index contributed by atoms with van der Waals surface area (Å²) in [6, 6.07) is 14.3. The van der Waals surface area contributed by atoms with E-state index in [-0.39, 0.29) is 5.57 Å². The number of benzene rings is 1. The highest BCUT2D eigenvalue weighted by Crippen LogP contribution is 2.45. The van der Waals surface area contributed by atoms with Crippen LogP contribution < -0.4 is 14.0 Å². The van der Waals surface area contributed by atoms with E-state index >= 15 is 0 Å². The van der Waals surface area contributed by atoms with Crippen LogP contribution in [0.15, 0.2) is 35.2 Å². The predicted octanol–water partition coefficient (Wildman–Crippen LogP) is 2.56. The molecule has 0 spiro atoms. The summed E-state index contributed by atoms with van der Waals surface area (Å²) in [6.45, 7) is 1.94. The van der Waals surface area contributed by atoms with Crippen LogP contribution in [0.5, 0.6) is 0 Å². The Bertz CT molecular complexity index is 910. The zero-order chi connectivity index (χ0) is 15.0. The van der Waals surface area contributed by atoms with Gasteiger partial charge in [-0.3, -0.25) is 0 Å². The molecule has 3 nitrogen and oxygen atoms in total. The molecule has 0 fully saturated rings. The molecule has 102 valence electrons. The fourth-order valence-electron chi connectivity index (χ4n) is 2.28. The highest BCUT2D eigenvalue weighted by atomic mass is 32.2. The van der Waals surface area contributed by atoms with Gasteiger partial charge >= 0.3 is 0 Å². The summed E-state index contributed by atoms with van der Waals surface area (Å²) in [5.74, 6) is 0. The van der Waals surface area contributed by atoms with Crippen molar-refractivity contribution in [3.8, 4) is 12.1 Å². The molecule has 0 atom stereocenters. The lowest BCUT2D eigenvalue weighted by molar-refractivity contribution is 1.23. The van der Waals surface area contributed by atoms with Gasteiger partial charge in [0.05, 0.1) is 19.8 Å². The second kappa shape index (κ2) is 5.29. The van der Waals surface area contributed by atoms with Crippen LogP contribution in [0.4, 0.5) is 5.69 Å². The van der Waals surface area contributed by atoms with Gasteiger partial charge in [-0.2, -0.15) is 10.5 Å². The molecule has 0 amide bonds. The fourth-order valence-corrected chi connectivity index (χ4v) is 4.68. The van der Waals surface area contributed by atoms with Gasteiger partial charge < -0.3 is 4.90 Å². The first kappa shape index (κ1) is 13.8. The van der Waals surface area contributed by atoms with Gasteiger partial charge in [0.1, 0.15) is 17.7 Å². The van der Waals surface area contributed by atoms with Crippen molar-refractivity contribution in [3.05, 3.63) is 45.0 Å². The van der Waals surface area contributed by atoms with Crippen molar-refractivity contribution in [2.75, 3.05) is 11.9 Å². The molecule has 0 aliphatic carbocycles. The van der Waals surface area contributed by atoms with E-state index in [1.807, 2.05) is 38.2 Å². The van der Waals surface area contributed by atoms with E-state index in [2.05, 4.69) is 23.1 Å². The minimum atomic E-state index is 0.188. The third kappa shape index (κ3) is 2.21. The average Bonchev–Trinajstić information content (AvgIpc) is 3.03. The van der Waals surface area contributed by atoms with Gasteiger partial charge in [-0.15, -0.1) is 11.3 Å². The second-order valence-electron chi connectivity index (χ2n) is 4.66. The first-order chi connectivity index (χ1) is 10.2. The molecule has 21 heavy (non-hydrogen) atoms. The number of aryl methyl sites for hydroxylation is 1. The average molecular weight is 309 g/mol. The molecule has 0 N–H and O–H groups in total. The molecule has 0 saturated heterocycles. The lowest BCUT2D eigenvalue weighted by atomic mass is 10.2. The Kier molecular flexibility index (Phi) is 3.47. The van der Waals surface area contributed by atoms with E-state index in [0.717, 1.165) is 19.7 Å².